The first kappa shape index (κ1) is 14.4. The lowest BCUT2D eigenvalue weighted by molar-refractivity contribution is 0.702. The van der Waals surface area contributed by atoms with Gasteiger partial charge in [-0.25, -0.2) is 9.97 Å². The van der Waals surface area contributed by atoms with Gasteiger partial charge in [-0.15, -0.1) is 26.2 Å². The van der Waals surface area contributed by atoms with Gasteiger partial charge < -0.3 is 0 Å². The van der Waals surface area contributed by atoms with E-state index in [0.29, 0.717) is 5.65 Å². The van der Waals surface area contributed by atoms with Crippen LogP contribution in [0.3, 0.4) is 0 Å². The van der Waals surface area contributed by atoms with Crippen LogP contribution in [0.15, 0.2) is 64.9 Å². The van der Waals surface area contributed by atoms with Crippen molar-refractivity contribution in [3.05, 3.63) is 54.9 Å². The van der Waals surface area contributed by atoms with Crippen molar-refractivity contribution < 1.29 is 0 Å². The molecule has 1 aromatic carbocycles. The largest absolute Gasteiger partial charge is 0.229 e. The van der Waals surface area contributed by atoms with E-state index in [1.54, 1.807) is 17.7 Å². The molecule has 25 heavy (non-hydrogen) atoms. The number of nitrogens with zero attached hydrogens (tertiary/aromatic N) is 7. The molecule has 7 nitrogen and oxygen atoms in total. The number of benzene rings is 1. The Kier molecular flexibility index (Phi) is 3.39. The normalized spacial score (nSPS) is 11.4. The van der Waals surface area contributed by atoms with Crippen molar-refractivity contribution in [1.29, 1.82) is 0 Å². The van der Waals surface area contributed by atoms with Gasteiger partial charge in [-0.05, 0) is 46.0 Å². The second-order valence-corrected chi connectivity index (χ2v) is 7.21. The van der Waals surface area contributed by atoms with Gasteiger partial charge in [-0.3, -0.25) is 0 Å². The number of fused-ring (bicyclic) bond motifs is 2. The van der Waals surface area contributed by atoms with Gasteiger partial charge in [-0.2, -0.15) is 0 Å². The predicted molar refractivity (Wildman–Crippen MR) is 95.6 cm³/mol. The highest BCUT2D eigenvalue weighted by molar-refractivity contribution is 7.99. The zero-order valence-corrected chi connectivity index (χ0v) is 14.3. The van der Waals surface area contributed by atoms with Gasteiger partial charge in [0.1, 0.15) is 21.2 Å². The number of rotatable bonds is 3. The predicted octanol–water partition coefficient (Wildman–Crippen LogP) is 3.34. The first-order valence-electron chi connectivity index (χ1n) is 7.40. The molecule has 0 saturated heterocycles. The molecule has 0 aliphatic carbocycles. The maximum Gasteiger partial charge on any atom is 0.200 e. The number of thiophene rings is 1. The van der Waals surface area contributed by atoms with E-state index in [1.165, 1.54) is 26.8 Å². The Hall–Kier alpha value is -2.91. The number of aromatic nitrogens is 7. The molecule has 0 radical (unpaired) electrons. The van der Waals surface area contributed by atoms with Crippen LogP contribution in [0.4, 0.5) is 0 Å². The number of hydrogen-bond donors (Lipinski definition) is 0. The molecule has 0 unspecified atom stereocenters. The quantitative estimate of drug-likeness (QED) is 0.455. The van der Waals surface area contributed by atoms with Crippen molar-refractivity contribution in [1.82, 2.24) is 35.2 Å². The molecular formula is C16H9N7S2. The molecule has 5 rings (SSSR count). The summed E-state index contributed by atoms with van der Waals surface area (Å²) < 4.78 is 1.41. The Bertz CT molecular complexity index is 1180. The lowest BCUT2D eigenvalue weighted by Gasteiger charge is -2.00. The molecule has 4 aromatic heterocycles. The van der Waals surface area contributed by atoms with Crippen LogP contribution in [-0.2, 0) is 0 Å². The van der Waals surface area contributed by atoms with Crippen LogP contribution in [0, 0.1) is 0 Å². The lowest BCUT2D eigenvalue weighted by Crippen LogP contribution is -1.95. The van der Waals surface area contributed by atoms with Crippen LogP contribution in [-0.4, -0.2) is 35.2 Å². The molecule has 120 valence electrons. The molecule has 0 bridgehead atoms. The molecule has 4 heterocycles. The van der Waals surface area contributed by atoms with Gasteiger partial charge >= 0.3 is 0 Å². The number of hydrogen-bond acceptors (Lipinski definition) is 8. The smallest absolute Gasteiger partial charge is 0.200 e. The van der Waals surface area contributed by atoms with E-state index in [-0.39, 0.29) is 0 Å². The molecule has 9 heteroatoms. The van der Waals surface area contributed by atoms with E-state index in [2.05, 4.69) is 48.8 Å². The standard InChI is InChI=1S/C16H9N7S2/c1-2-4-10(5-3-1)12-8-11-15(24-12)17-9-18-16(11)25-14-7-6-13-19-21-22-23(13)20-14/h1-9H. The molecule has 0 N–H and O–H groups in total. The average Bonchev–Trinajstić information content (AvgIpc) is 3.29. The zero-order valence-electron chi connectivity index (χ0n) is 12.6. The average molecular weight is 363 g/mol. The van der Waals surface area contributed by atoms with Crippen LogP contribution < -0.4 is 0 Å². The molecule has 0 fully saturated rings. The van der Waals surface area contributed by atoms with Crippen molar-refractivity contribution in [3.63, 3.8) is 0 Å². The van der Waals surface area contributed by atoms with E-state index in [4.69, 9.17) is 0 Å². The van der Waals surface area contributed by atoms with Crippen LogP contribution in [0.25, 0.3) is 26.3 Å². The van der Waals surface area contributed by atoms with Gasteiger partial charge in [0.2, 0.25) is 0 Å². The molecule has 0 atom stereocenters. The monoisotopic (exact) mass is 363 g/mol. The first-order valence-corrected chi connectivity index (χ1v) is 9.03. The Labute approximate surface area is 149 Å². The van der Waals surface area contributed by atoms with Crippen molar-refractivity contribution in [2.75, 3.05) is 0 Å². The number of tetrazole rings is 1. The summed E-state index contributed by atoms with van der Waals surface area (Å²) in [7, 11) is 0. The summed E-state index contributed by atoms with van der Waals surface area (Å²) in [6, 6.07) is 16.1. The van der Waals surface area contributed by atoms with Crippen molar-refractivity contribution in [3.8, 4) is 10.4 Å². The Morgan fingerprint density at radius 1 is 1.00 bits per heavy atom. The summed E-state index contributed by atoms with van der Waals surface area (Å²) in [6.07, 6.45) is 1.59. The highest BCUT2D eigenvalue weighted by atomic mass is 32.2. The lowest BCUT2D eigenvalue weighted by atomic mass is 10.2. The van der Waals surface area contributed by atoms with Crippen LogP contribution in [0.5, 0.6) is 0 Å². The highest BCUT2D eigenvalue weighted by Gasteiger charge is 2.12. The van der Waals surface area contributed by atoms with Crippen molar-refractivity contribution in [2.24, 2.45) is 0 Å². The third kappa shape index (κ3) is 2.63. The summed E-state index contributed by atoms with van der Waals surface area (Å²) in [4.78, 5) is 11.0. The minimum atomic E-state index is 0.610. The minimum absolute atomic E-state index is 0.610. The summed E-state index contributed by atoms with van der Waals surface area (Å²) >= 11 is 3.13. The summed E-state index contributed by atoms with van der Waals surface area (Å²) in [5.74, 6) is 0. The fourth-order valence-corrected chi connectivity index (χ4v) is 4.33. The van der Waals surface area contributed by atoms with Gasteiger partial charge in [0.05, 0.1) is 0 Å². The molecule has 0 amide bonds. The molecule has 0 aliphatic rings. The van der Waals surface area contributed by atoms with Gasteiger partial charge in [0, 0.05) is 10.3 Å². The summed E-state index contributed by atoms with van der Waals surface area (Å²) in [6.45, 7) is 0. The summed E-state index contributed by atoms with van der Waals surface area (Å²) in [5.41, 5.74) is 1.79. The maximum absolute atomic E-state index is 4.43. The van der Waals surface area contributed by atoms with Crippen molar-refractivity contribution >= 4 is 39.0 Å². The Balaban J connectivity index is 1.57. The second kappa shape index (κ2) is 5.87. The van der Waals surface area contributed by atoms with Crippen LogP contribution in [0.2, 0.25) is 0 Å². The van der Waals surface area contributed by atoms with Crippen molar-refractivity contribution in [2.45, 2.75) is 10.1 Å². The fourth-order valence-electron chi connectivity index (χ4n) is 2.45. The minimum Gasteiger partial charge on any atom is -0.229 e. The highest BCUT2D eigenvalue weighted by Crippen LogP contribution is 2.37. The van der Waals surface area contributed by atoms with Crippen LogP contribution in [0.1, 0.15) is 0 Å². The molecule has 0 spiro atoms. The maximum atomic E-state index is 4.43. The van der Waals surface area contributed by atoms with E-state index in [9.17, 15) is 0 Å². The van der Waals surface area contributed by atoms with Gasteiger partial charge in [0.25, 0.3) is 0 Å². The van der Waals surface area contributed by atoms with E-state index in [0.717, 1.165) is 20.3 Å². The molecule has 0 aliphatic heterocycles. The third-order valence-electron chi connectivity index (χ3n) is 3.60. The fraction of sp³-hybridized carbons (Fsp3) is 0. The SMILES string of the molecule is c1ccc(-c2cc3c(Sc4ccc5nnnn5n4)ncnc3s2)cc1. The van der Waals surface area contributed by atoms with Gasteiger partial charge in [-0.1, -0.05) is 30.3 Å². The Morgan fingerprint density at radius 2 is 1.92 bits per heavy atom. The van der Waals surface area contributed by atoms with E-state index in [1.807, 2.05) is 30.3 Å². The van der Waals surface area contributed by atoms with Gasteiger partial charge in [0.15, 0.2) is 5.65 Å². The molecule has 0 saturated carbocycles. The zero-order chi connectivity index (χ0) is 16.6. The van der Waals surface area contributed by atoms with E-state index >= 15 is 0 Å². The van der Waals surface area contributed by atoms with E-state index < -0.39 is 0 Å². The topological polar surface area (TPSA) is 81.8 Å². The first-order chi connectivity index (χ1) is 12.4. The van der Waals surface area contributed by atoms with Crippen LogP contribution >= 0.6 is 23.1 Å². The second-order valence-electron chi connectivity index (χ2n) is 5.17. The molecular weight excluding hydrogens is 354 g/mol. The summed E-state index contributed by atoms with van der Waals surface area (Å²) in [5, 5.41) is 18.3. The third-order valence-corrected chi connectivity index (χ3v) is 5.64. The Morgan fingerprint density at radius 3 is 2.84 bits per heavy atom. The molecule has 5 aromatic rings.